The van der Waals surface area contributed by atoms with Crippen LogP contribution in [0.15, 0.2) is 30.9 Å². The average molecular weight is 333 g/mol. The minimum absolute atomic E-state index is 0.550. The molecule has 0 amide bonds. The Morgan fingerprint density at radius 2 is 1.79 bits per heavy atom. The van der Waals surface area contributed by atoms with E-state index in [1.807, 2.05) is 24.3 Å². The number of allylic oxidation sites excluding steroid dienone is 1. The Bertz CT molecular complexity index is 513. The zero-order chi connectivity index (χ0) is 17.6. The van der Waals surface area contributed by atoms with E-state index >= 15 is 0 Å². The molecule has 1 fully saturated rings. The lowest BCUT2D eigenvalue weighted by atomic mass is 9.83. The Hall–Kier alpha value is -1.52. The fourth-order valence-corrected chi connectivity index (χ4v) is 3.44. The second-order valence-electron chi connectivity index (χ2n) is 6.74. The Labute approximate surface area is 146 Å². The summed E-state index contributed by atoms with van der Waals surface area (Å²) in [7, 11) is 3.27. The van der Waals surface area contributed by atoms with Crippen molar-refractivity contribution < 1.29 is 14.6 Å². The van der Waals surface area contributed by atoms with Crippen LogP contribution in [0.5, 0.6) is 11.5 Å². The molecule has 1 aromatic rings. The smallest absolute Gasteiger partial charge is 0.122 e. The number of benzene rings is 1. The predicted molar refractivity (Wildman–Crippen MR) is 97.8 cm³/mol. The van der Waals surface area contributed by atoms with E-state index in [2.05, 4.69) is 18.4 Å². The van der Waals surface area contributed by atoms with Crippen LogP contribution < -0.4 is 9.47 Å². The molecule has 134 valence electrons. The van der Waals surface area contributed by atoms with Gasteiger partial charge >= 0.3 is 0 Å². The van der Waals surface area contributed by atoms with Crippen LogP contribution in [0.2, 0.25) is 0 Å². The second kappa shape index (κ2) is 8.54. The maximum absolute atomic E-state index is 11.1. The maximum Gasteiger partial charge on any atom is 0.122 e. The van der Waals surface area contributed by atoms with E-state index in [1.165, 1.54) is 12.8 Å². The predicted octanol–water partition coefficient (Wildman–Crippen LogP) is 3.73. The summed E-state index contributed by atoms with van der Waals surface area (Å²) in [5.74, 6) is 1.44. The number of methoxy groups -OCH3 is 2. The van der Waals surface area contributed by atoms with E-state index in [4.69, 9.17) is 9.47 Å². The first-order valence-corrected chi connectivity index (χ1v) is 8.83. The monoisotopic (exact) mass is 333 g/mol. The Balaban J connectivity index is 2.02. The van der Waals surface area contributed by atoms with Crippen molar-refractivity contribution in [2.75, 3.05) is 27.3 Å². The molecule has 1 heterocycles. The molecule has 1 aromatic carbocycles. The summed E-state index contributed by atoms with van der Waals surface area (Å²) in [5, 5.41) is 11.1. The summed E-state index contributed by atoms with van der Waals surface area (Å²) in [5.41, 5.74) is 0.0803. The highest BCUT2D eigenvalue weighted by molar-refractivity contribution is 5.41. The standard InChI is InChI=1S/C20H31NO3/c1-5-6-7-8-16(2)21-11-9-20(22,10-12-21)17-13-18(23-3)15-19(14-17)24-4/h5,13-16,22H,1,6-12H2,2-4H3. The van der Waals surface area contributed by atoms with Crippen molar-refractivity contribution >= 4 is 0 Å². The van der Waals surface area contributed by atoms with Crippen LogP contribution in [0.1, 0.15) is 44.6 Å². The molecule has 4 nitrogen and oxygen atoms in total. The third-order valence-corrected chi connectivity index (χ3v) is 5.17. The Morgan fingerprint density at radius 3 is 2.29 bits per heavy atom. The molecule has 2 rings (SSSR count). The molecule has 1 aliphatic heterocycles. The first-order valence-electron chi connectivity index (χ1n) is 8.83. The number of hydrogen-bond acceptors (Lipinski definition) is 4. The van der Waals surface area contributed by atoms with Crippen molar-refractivity contribution in [3.05, 3.63) is 36.4 Å². The van der Waals surface area contributed by atoms with Gasteiger partial charge in [-0.3, -0.25) is 0 Å². The lowest BCUT2D eigenvalue weighted by molar-refractivity contribution is -0.0350. The van der Waals surface area contributed by atoms with Crippen molar-refractivity contribution in [1.82, 2.24) is 4.90 Å². The van der Waals surface area contributed by atoms with Crippen molar-refractivity contribution in [1.29, 1.82) is 0 Å². The molecule has 1 atom stereocenters. The van der Waals surface area contributed by atoms with Gasteiger partial charge in [0.1, 0.15) is 11.5 Å². The topological polar surface area (TPSA) is 41.9 Å². The highest BCUT2D eigenvalue weighted by atomic mass is 16.5. The molecule has 1 N–H and O–H groups in total. The molecule has 0 saturated carbocycles. The first kappa shape index (κ1) is 18.8. The van der Waals surface area contributed by atoms with Crippen LogP contribution in [0.25, 0.3) is 0 Å². The van der Waals surface area contributed by atoms with E-state index in [-0.39, 0.29) is 0 Å². The molecule has 0 aliphatic carbocycles. The fraction of sp³-hybridized carbons (Fsp3) is 0.600. The summed E-state index contributed by atoms with van der Waals surface area (Å²) in [6, 6.07) is 6.23. The zero-order valence-electron chi connectivity index (χ0n) is 15.3. The van der Waals surface area contributed by atoms with Crippen LogP contribution in [0, 0.1) is 0 Å². The highest BCUT2D eigenvalue weighted by Gasteiger charge is 2.35. The minimum Gasteiger partial charge on any atom is -0.497 e. The van der Waals surface area contributed by atoms with Gasteiger partial charge in [-0.2, -0.15) is 0 Å². The summed E-state index contributed by atoms with van der Waals surface area (Å²) < 4.78 is 10.7. The number of unbranched alkanes of at least 4 members (excludes halogenated alkanes) is 1. The molecule has 0 radical (unpaired) electrons. The molecule has 4 heteroatoms. The summed E-state index contributed by atoms with van der Waals surface area (Å²) in [4.78, 5) is 2.48. The Morgan fingerprint density at radius 1 is 1.21 bits per heavy atom. The summed E-state index contributed by atoms with van der Waals surface area (Å²) >= 11 is 0. The van der Waals surface area contributed by atoms with E-state index in [0.29, 0.717) is 6.04 Å². The van der Waals surface area contributed by atoms with Gasteiger partial charge in [0, 0.05) is 25.2 Å². The molecule has 24 heavy (non-hydrogen) atoms. The fourth-order valence-electron chi connectivity index (χ4n) is 3.44. The molecule has 0 spiro atoms. The lowest BCUT2D eigenvalue weighted by Gasteiger charge is -2.41. The number of ether oxygens (including phenoxy) is 2. The van der Waals surface area contributed by atoms with Crippen molar-refractivity contribution in [2.24, 2.45) is 0 Å². The van der Waals surface area contributed by atoms with Crippen LogP contribution in [0.4, 0.5) is 0 Å². The Kier molecular flexibility index (Phi) is 6.69. The average Bonchev–Trinajstić information content (AvgIpc) is 2.61. The van der Waals surface area contributed by atoms with Crippen LogP contribution >= 0.6 is 0 Å². The maximum atomic E-state index is 11.1. The van der Waals surface area contributed by atoms with Crippen LogP contribution in [0.3, 0.4) is 0 Å². The van der Waals surface area contributed by atoms with Crippen LogP contribution in [-0.2, 0) is 5.60 Å². The van der Waals surface area contributed by atoms with Gasteiger partial charge in [-0.05, 0) is 56.7 Å². The van der Waals surface area contributed by atoms with E-state index in [1.54, 1.807) is 14.2 Å². The van der Waals surface area contributed by atoms with Gasteiger partial charge in [0.25, 0.3) is 0 Å². The molecular weight excluding hydrogens is 302 g/mol. The van der Waals surface area contributed by atoms with Gasteiger partial charge in [0.15, 0.2) is 0 Å². The number of rotatable bonds is 8. The van der Waals surface area contributed by atoms with E-state index in [0.717, 1.165) is 49.4 Å². The number of piperidine rings is 1. The molecule has 0 aromatic heterocycles. The third-order valence-electron chi connectivity index (χ3n) is 5.17. The van der Waals surface area contributed by atoms with Gasteiger partial charge in [-0.1, -0.05) is 6.08 Å². The van der Waals surface area contributed by atoms with Crippen LogP contribution in [-0.4, -0.2) is 43.4 Å². The third kappa shape index (κ3) is 4.52. The van der Waals surface area contributed by atoms with Gasteiger partial charge < -0.3 is 19.5 Å². The zero-order valence-corrected chi connectivity index (χ0v) is 15.3. The first-order chi connectivity index (χ1) is 11.5. The number of hydrogen-bond donors (Lipinski definition) is 1. The highest BCUT2D eigenvalue weighted by Crippen LogP contribution is 2.37. The quantitative estimate of drug-likeness (QED) is 0.581. The molecule has 1 saturated heterocycles. The second-order valence-corrected chi connectivity index (χ2v) is 6.74. The summed E-state index contributed by atoms with van der Waals surface area (Å²) in [6.07, 6.45) is 6.88. The number of likely N-dealkylation sites (tertiary alicyclic amines) is 1. The summed E-state index contributed by atoms with van der Waals surface area (Å²) in [6.45, 7) is 7.88. The lowest BCUT2D eigenvalue weighted by Crippen LogP contribution is -2.46. The molecule has 0 bridgehead atoms. The van der Waals surface area contributed by atoms with E-state index in [9.17, 15) is 5.11 Å². The number of aliphatic hydroxyl groups is 1. The van der Waals surface area contributed by atoms with E-state index < -0.39 is 5.60 Å². The largest absolute Gasteiger partial charge is 0.497 e. The van der Waals surface area contributed by atoms with Gasteiger partial charge in [0.2, 0.25) is 0 Å². The van der Waals surface area contributed by atoms with Crippen molar-refractivity contribution in [3.63, 3.8) is 0 Å². The van der Waals surface area contributed by atoms with Crippen molar-refractivity contribution in [3.8, 4) is 11.5 Å². The van der Waals surface area contributed by atoms with Gasteiger partial charge in [0.05, 0.1) is 19.8 Å². The van der Waals surface area contributed by atoms with Crippen molar-refractivity contribution in [2.45, 2.75) is 50.7 Å². The SMILES string of the molecule is C=CCCCC(C)N1CCC(O)(c2cc(OC)cc(OC)c2)CC1. The number of nitrogens with zero attached hydrogens (tertiary/aromatic N) is 1. The molecular formula is C20H31NO3. The van der Waals surface area contributed by atoms with Gasteiger partial charge in [-0.15, -0.1) is 6.58 Å². The molecule has 1 unspecified atom stereocenters. The molecule has 1 aliphatic rings. The van der Waals surface area contributed by atoms with Gasteiger partial charge in [-0.25, -0.2) is 0 Å². The normalized spacial score (nSPS) is 18.8. The minimum atomic E-state index is -0.806.